The van der Waals surface area contributed by atoms with E-state index in [1.165, 1.54) is 11.1 Å². The molecule has 41 heavy (non-hydrogen) atoms. The van der Waals surface area contributed by atoms with Crippen molar-refractivity contribution in [2.75, 3.05) is 24.6 Å². The summed E-state index contributed by atoms with van der Waals surface area (Å²) >= 11 is 6.35. The molecule has 0 aromatic heterocycles. The molecule has 4 atom stereocenters. The molecule has 222 valence electrons. The van der Waals surface area contributed by atoms with Crippen LogP contribution in [0.5, 0.6) is 5.75 Å². The number of aromatic carboxylic acids is 1. The number of halogens is 1. The Bertz CT molecular complexity index is 1460. The lowest BCUT2D eigenvalue weighted by molar-refractivity contribution is 0.0456. The third-order valence-electron chi connectivity index (χ3n) is 9.37. The number of aryl methyl sites for hydroxylation is 1. The van der Waals surface area contributed by atoms with E-state index in [0.717, 1.165) is 37.8 Å². The molecule has 1 aliphatic heterocycles. The summed E-state index contributed by atoms with van der Waals surface area (Å²) in [7, 11) is -3.72. The van der Waals surface area contributed by atoms with E-state index in [-0.39, 0.29) is 29.2 Å². The van der Waals surface area contributed by atoms with Crippen molar-refractivity contribution in [3.8, 4) is 5.75 Å². The standard InChI is InChI=1S/C31H39ClN2O6S/c1-30(2,41(33,38)39)13-4-6-27(35)24-10-7-22(24)17-34-18-31(14-3-5-20-15-23(32)9-11-25(20)31)19-40-28-12-8-21(29(36)37)16-26(28)34/h4,6,8-9,11-12,15-16,22,24,27,35H,3,5,7,10,13-14,17-19H2,1-2H3,(H,36,37)(H2,33,38,39)/b6-4+/t22-,24+,27-,31-/m0/s1. The fraction of sp³-hybridized carbons (Fsp3) is 0.516. The summed E-state index contributed by atoms with van der Waals surface area (Å²) in [6, 6.07) is 11.1. The monoisotopic (exact) mass is 602 g/mol. The third kappa shape index (κ3) is 6.00. The largest absolute Gasteiger partial charge is 0.490 e. The molecule has 2 aromatic rings. The van der Waals surface area contributed by atoms with Gasteiger partial charge >= 0.3 is 5.97 Å². The van der Waals surface area contributed by atoms with Crippen molar-refractivity contribution < 1.29 is 28.2 Å². The summed E-state index contributed by atoms with van der Waals surface area (Å²) in [5.74, 6) is -0.151. The highest BCUT2D eigenvalue weighted by Crippen LogP contribution is 2.46. The van der Waals surface area contributed by atoms with E-state index < -0.39 is 26.8 Å². The first-order valence-electron chi connectivity index (χ1n) is 14.2. The van der Waals surface area contributed by atoms with Crippen molar-refractivity contribution in [3.05, 3.63) is 70.3 Å². The first kappa shape index (κ1) is 29.9. The lowest BCUT2D eigenvalue weighted by Gasteiger charge is -2.45. The average molecular weight is 603 g/mol. The van der Waals surface area contributed by atoms with Crippen LogP contribution in [-0.4, -0.2) is 55.1 Å². The van der Waals surface area contributed by atoms with Gasteiger partial charge in [0.25, 0.3) is 0 Å². The van der Waals surface area contributed by atoms with Crippen LogP contribution in [0.15, 0.2) is 48.6 Å². The van der Waals surface area contributed by atoms with E-state index in [2.05, 4.69) is 11.0 Å². The predicted molar refractivity (Wildman–Crippen MR) is 160 cm³/mol. The van der Waals surface area contributed by atoms with Crippen molar-refractivity contribution in [3.63, 3.8) is 0 Å². The van der Waals surface area contributed by atoms with Crippen LogP contribution >= 0.6 is 11.6 Å². The first-order chi connectivity index (χ1) is 19.3. The van der Waals surface area contributed by atoms with Crippen LogP contribution in [0.25, 0.3) is 0 Å². The quantitative estimate of drug-likeness (QED) is 0.366. The molecule has 0 unspecified atom stereocenters. The van der Waals surface area contributed by atoms with Crippen LogP contribution in [0.4, 0.5) is 5.69 Å². The second-order valence-electron chi connectivity index (χ2n) is 12.5. The van der Waals surface area contributed by atoms with Gasteiger partial charge in [0, 0.05) is 23.5 Å². The van der Waals surface area contributed by atoms with E-state index in [0.29, 0.717) is 30.5 Å². The third-order valence-corrected chi connectivity index (χ3v) is 11.3. The summed E-state index contributed by atoms with van der Waals surface area (Å²) in [5.41, 5.74) is 3.14. The Labute approximate surface area is 247 Å². The number of nitrogens with two attached hydrogens (primary N) is 1. The molecule has 10 heteroatoms. The maximum Gasteiger partial charge on any atom is 0.335 e. The van der Waals surface area contributed by atoms with Crippen LogP contribution in [0.3, 0.4) is 0 Å². The maximum absolute atomic E-state index is 11.9. The van der Waals surface area contributed by atoms with Crippen molar-refractivity contribution >= 4 is 33.3 Å². The van der Waals surface area contributed by atoms with Gasteiger partial charge in [0.05, 0.1) is 28.7 Å². The predicted octanol–water partition coefficient (Wildman–Crippen LogP) is 4.91. The van der Waals surface area contributed by atoms with Crippen LogP contribution in [-0.2, 0) is 21.9 Å². The number of sulfonamides is 1. The number of anilines is 1. The van der Waals surface area contributed by atoms with Crippen LogP contribution in [0, 0.1) is 11.8 Å². The summed E-state index contributed by atoms with van der Waals surface area (Å²) in [5, 5.41) is 26.8. The Morgan fingerprint density at radius 3 is 2.73 bits per heavy atom. The maximum atomic E-state index is 11.9. The Balaban J connectivity index is 1.41. The lowest BCUT2D eigenvalue weighted by atomic mass is 9.68. The van der Waals surface area contributed by atoms with Gasteiger partial charge in [-0.3, -0.25) is 0 Å². The number of aliphatic hydroxyl groups excluding tert-OH is 1. The van der Waals surface area contributed by atoms with Gasteiger partial charge in [0.1, 0.15) is 5.75 Å². The molecule has 8 nitrogen and oxygen atoms in total. The van der Waals surface area contributed by atoms with E-state index in [4.69, 9.17) is 21.5 Å². The van der Waals surface area contributed by atoms with Gasteiger partial charge in [-0.25, -0.2) is 18.4 Å². The second kappa shape index (κ2) is 11.2. The summed E-state index contributed by atoms with van der Waals surface area (Å²) in [4.78, 5) is 14.1. The van der Waals surface area contributed by atoms with Crippen molar-refractivity contribution in [1.29, 1.82) is 0 Å². The summed E-state index contributed by atoms with van der Waals surface area (Å²) in [6.07, 6.45) is 7.58. The summed E-state index contributed by atoms with van der Waals surface area (Å²) < 4.78 is 29.0. The average Bonchev–Trinajstić information content (AvgIpc) is 3.02. The molecule has 4 N–H and O–H groups in total. The van der Waals surface area contributed by atoms with Gasteiger partial charge in [-0.05, 0) is 106 Å². The number of carboxylic acids is 1. The first-order valence-corrected chi connectivity index (χ1v) is 16.1. The number of primary sulfonamides is 1. The molecular weight excluding hydrogens is 564 g/mol. The van der Waals surface area contributed by atoms with Crippen molar-refractivity contribution in [2.24, 2.45) is 17.0 Å². The highest BCUT2D eigenvalue weighted by Gasteiger charge is 2.44. The SMILES string of the molecule is CC(C)(C/C=C/[C@H](O)[C@@H]1CC[C@H]1CN1C[C@@]2(CCCc3cc(Cl)ccc32)COc2ccc(C(=O)O)cc21)S(N)(=O)=O. The smallest absolute Gasteiger partial charge is 0.335 e. The number of nitrogens with zero attached hydrogens (tertiary/aromatic N) is 1. The van der Waals surface area contributed by atoms with Gasteiger partial charge in [-0.15, -0.1) is 0 Å². The molecule has 1 saturated carbocycles. The van der Waals surface area contributed by atoms with Gasteiger partial charge < -0.3 is 19.8 Å². The molecule has 0 amide bonds. The normalized spacial score (nSPS) is 25.1. The number of hydrogen-bond donors (Lipinski definition) is 3. The van der Waals surface area contributed by atoms with Gasteiger partial charge in [0.15, 0.2) is 0 Å². The zero-order valence-corrected chi connectivity index (χ0v) is 25.1. The Hall–Kier alpha value is -2.59. The van der Waals surface area contributed by atoms with Crippen LogP contribution in [0.2, 0.25) is 5.02 Å². The molecule has 0 saturated heterocycles. The Morgan fingerprint density at radius 2 is 2.05 bits per heavy atom. The zero-order valence-electron chi connectivity index (χ0n) is 23.6. The lowest BCUT2D eigenvalue weighted by Crippen LogP contribution is -2.49. The fourth-order valence-corrected chi connectivity index (χ4v) is 7.07. The number of carboxylic acid groups (broad SMARTS) is 1. The molecule has 0 radical (unpaired) electrons. The second-order valence-corrected chi connectivity index (χ2v) is 15.2. The van der Waals surface area contributed by atoms with Crippen LogP contribution in [0.1, 0.15) is 67.4 Å². The molecule has 0 bridgehead atoms. The minimum absolute atomic E-state index is 0.00697. The number of carbonyl (C=O) groups is 1. The van der Waals surface area contributed by atoms with E-state index in [1.54, 1.807) is 44.2 Å². The molecule has 1 fully saturated rings. The van der Waals surface area contributed by atoms with Crippen molar-refractivity contribution in [2.45, 2.75) is 68.6 Å². The zero-order chi connectivity index (χ0) is 29.6. The molecule has 2 aliphatic carbocycles. The molecular formula is C31H39ClN2O6S. The molecule has 1 heterocycles. The number of ether oxygens (including phenoxy) is 1. The summed E-state index contributed by atoms with van der Waals surface area (Å²) in [6.45, 7) is 4.93. The van der Waals surface area contributed by atoms with Gasteiger partial charge in [-0.1, -0.05) is 29.8 Å². The number of fused-ring (bicyclic) bond motifs is 3. The minimum atomic E-state index is -3.72. The Morgan fingerprint density at radius 1 is 1.27 bits per heavy atom. The van der Waals surface area contributed by atoms with Gasteiger partial charge in [-0.2, -0.15) is 0 Å². The molecule has 3 aliphatic rings. The molecule has 2 aromatic carbocycles. The fourth-order valence-electron chi connectivity index (χ4n) is 6.55. The van der Waals surface area contributed by atoms with Crippen molar-refractivity contribution in [1.82, 2.24) is 0 Å². The highest BCUT2D eigenvalue weighted by atomic mass is 35.5. The topological polar surface area (TPSA) is 130 Å². The van der Waals surface area contributed by atoms with E-state index >= 15 is 0 Å². The number of benzene rings is 2. The van der Waals surface area contributed by atoms with E-state index in [9.17, 15) is 23.4 Å². The number of allylic oxidation sites excluding steroid dienone is 1. The Kier molecular flexibility index (Phi) is 8.20. The number of aliphatic hydroxyl groups is 1. The number of rotatable bonds is 8. The van der Waals surface area contributed by atoms with E-state index in [1.807, 2.05) is 12.1 Å². The molecule has 5 rings (SSSR count). The highest BCUT2D eigenvalue weighted by molar-refractivity contribution is 7.90. The molecule has 1 spiro atoms. The van der Waals surface area contributed by atoms with Crippen LogP contribution < -0.4 is 14.8 Å². The minimum Gasteiger partial charge on any atom is -0.490 e. The number of hydrogen-bond acceptors (Lipinski definition) is 6. The van der Waals surface area contributed by atoms with Gasteiger partial charge in [0.2, 0.25) is 10.0 Å².